The van der Waals surface area contributed by atoms with E-state index in [1.807, 2.05) is 12.1 Å². The zero-order valence-electron chi connectivity index (χ0n) is 19.3. The largest absolute Gasteiger partial charge is 0.493 e. The van der Waals surface area contributed by atoms with Crippen LogP contribution in [-0.4, -0.2) is 43.0 Å². The topological polar surface area (TPSA) is 105 Å². The number of imide groups is 1. The summed E-state index contributed by atoms with van der Waals surface area (Å²) in [5.74, 6) is 0.695. The lowest BCUT2D eigenvalue weighted by molar-refractivity contribution is -0.122. The summed E-state index contributed by atoms with van der Waals surface area (Å²) in [7, 11) is 4.87. The van der Waals surface area contributed by atoms with Gasteiger partial charge in [-0.25, -0.2) is 0 Å². The number of hydrogen-bond acceptors (Lipinski definition) is 7. The predicted octanol–water partition coefficient (Wildman–Crippen LogP) is 2.78. The molecule has 3 aromatic rings. The molecule has 1 N–H and O–H groups in total. The van der Waals surface area contributed by atoms with Crippen molar-refractivity contribution in [2.24, 2.45) is 5.92 Å². The van der Waals surface area contributed by atoms with Gasteiger partial charge in [-0.05, 0) is 24.6 Å². The number of fused-ring (bicyclic) bond motifs is 1. The Bertz CT molecular complexity index is 1320. The van der Waals surface area contributed by atoms with E-state index in [1.165, 1.54) is 12.0 Å². The second-order valence-electron chi connectivity index (χ2n) is 8.22. The maximum Gasteiger partial charge on any atom is 0.282 e. The van der Waals surface area contributed by atoms with Crippen LogP contribution in [0.25, 0.3) is 10.9 Å². The summed E-state index contributed by atoms with van der Waals surface area (Å²) in [5, 5.41) is 0.437. The van der Waals surface area contributed by atoms with Crippen LogP contribution < -0.4 is 24.8 Å². The second-order valence-corrected chi connectivity index (χ2v) is 8.22. The van der Waals surface area contributed by atoms with Crippen LogP contribution in [0, 0.1) is 12.8 Å². The van der Waals surface area contributed by atoms with E-state index >= 15 is 0 Å². The number of H-pyrrole nitrogens is 1. The molecule has 2 amide bonds. The van der Waals surface area contributed by atoms with E-state index < -0.39 is 0 Å². The highest BCUT2D eigenvalue weighted by molar-refractivity contribution is 6.20. The first-order chi connectivity index (χ1) is 15.7. The first kappa shape index (κ1) is 22.3. The van der Waals surface area contributed by atoms with Crippen LogP contribution >= 0.6 is 0 Å². The number of aryl methyl sites for hydroxylation is 1. The van der Waals surface area contributed by atoms with Crippen molar-refractivity contribution in [2.75, 3.05) is 31.1 Å². The van der Waals surface area contributed by atoms with Crippen LogP contribution in [0.1, 0.15) is 24.5 Å². The fourth-order valence-electron chi connectivity index (χ4n) is 4.23. The summed E-state index contributed by atoms with van der Waals surface area (Å²) in [6, 6.07) is 8.97. The number of methoxy groups -OCH3 is 2. The number of ether oxygens (including phenoxy) is 2. The molecule has 1 atom stereocenters. The highest BCUT2D eigenvalue weighted by Crippen LogP contribution is 2.35. The van der Waals surface area contributed by atoms with Crippen molar-refractivity contribution in [3.8, 4) is 11.5 Å². The Kier molecular flexibility index (Phi) is 5.80. The lowest BCUT2D eigenvalue weighted by Crippen LogP contribution is -2.30. The first-order valence-electron chi connectivity index (χ1n) is 10.6. The van der Waals surface area contributed by atoms with Crippen molar-refractivity contribution in [2.45, 2.75) is 26.8 Å². The molecule has 1 aliphatic rings. The third-order valence-corrected chi connectivity index (χ3v) is 5.90. The standard InChI is InChI=1S/C24H26N4O5/c1-13-9-19(29)28(23(13)31)16-8-6-7-15(10-16)12-27(3)24-25-17-11-18(32-4)21(33-5)14(2)20(17)22(30)26-24/h6-8,10-11,13H,9,12H2,1-5H3,(H,25,26,30). The lowest BCUT2D eigenvalue weighted by Gasteiger charge is -2.21. The van der Waals surface area contributed by atoms with Gasteiger partial charge >= 0.3 is 0 Å². The number of aromatic amines is 1. The molecule has 1 aliphatic heterocycles. The summed E-state index contributed by atoms with van der Waals surface area (Å²) in [6.45, 7) is 3.95. The molecule has 33 heavy (non-hydrogen) atoms. The van der Waals surface area contributed by atoms with Crippen LogP contribution in [0.5, 0.6) is 11.5 Å². The maximum atomic E-state index is 12.8. The number of benzene rings is 2. The van der Waals surface area contributed by atoms with Gasteiger partial charge in [0.25, 0.3) is 5.56 Å². The van der Waals surface area contributed by atoms with Gasteiger partial charge in [0.1, 0.15) is 0 Å². The average molecular weight is 450 g/mol. The Labute approximate surface area is 190 Å². The monoisotopic (exact) mass is 450 g/mol. The maximum absolute atomic E-state index is 12.8. The molecule has 0 saturated carbocycles. The van der Waals surface area contributed by atoms with Crippen LogP contribution in [0.4, 0.5) is 11.6 Å². The van der Waals surface area contributed by atoms with Crippen molar-refractivity contribution in [3.63, 3.8) is 0 Å². The van der Waals surface area contributed by atoms with Crippen LogP contribution in [0.2, 0.25) is 0 Å². The van der Waals surface area contributed by atoms with Gasteiger partial charge in [0.15, 0.2) is 11.5 Å². The van der Waals surface area contributed by atoms with Gasteiger partial charge in [0.05, 0.1) is 30.8 Å². The van der Waals surface area contributed by atoms with E-state index in [1.54, 1.807) is 51.1 Å². The fraction of sp³-hybridized carbons (Fsp3) is 0.333. The van der Waals surface area contributed by atoms with Crippen molar-refractivity contribution < 1.29 is 19.1 Å². The molecule has 1 unspecified atom stereocenters. The van der Waals surface area contributed by atoms with Gasteiger partial charge in [-0.2, -0.15) is 4.98 Å². The smallest absolute Gasteiger partial charge is 0.282 e. The molecule has 9 nitrogen and oxygen atoms in total. The van der Waals surface area contributed by atoms with Gasteiger partial charge in [0, 0.05) is 37.6 Å². The van der Waals surface area contributed by atoms with Gasteiger partial charge in [0.2, 0.25) is 17.8 Å². The zero-order valence-corrected chi connectivity index (χ0v) is 19.3. The molecule has 0 spiro atoms. The summed E-state index contributed by atoms with van der Waals surface area (Å²) < 4.78 is 10.8. The van der Waals surface area contributed by atoms with Gasteiger partial charge in [-0.3, -0.25) is 19.3 Å². The molecule has 1 aromatic heterocycles. The second kappa shape index (κ2) is 8.57. The minimum absolute atomic E-state index is 0.189. The van der Waals surface area contributed by atoms with E-state index in [0.29, 0.717) is 46.1 Å². The normalized spacial score (nSPS) is 15.9. The summed E-state index contributed by atoms with van der Waals surface area (Å²) in [5.41, 5.74) is 2.27. The number of carbonyl (C=O) groups excluding carboxylic acids is 2. The lowest BCUT2D eigenvalue weighted by atomic mass is 10.1. The highest BCUT2D eigenvalue weighted by atomic mass is 16.5. The number of nitrogens with zero attached hydrogens (tertiary/aromatic N) is 3. The van der Waals surface area contributed by atoms with Crippen LogP contribution in [0.3, 0.4) is 0 Å². The molecule has 2 heterocycles. The molecule has 0 aliphatic carbocycles. The molecule has 4 rings (SSSR count). The summed E-state index contributed by atoms with van der Waals surface area (Å²) in [6.07, 6.45) is 0.221. The van der Waals surface area contributed by atoms with Crippen molar-refractivity contribution in [3.05, 3.63) is 51.8 Å². The third-order valence-electron chi connectivity index (χ3n) is 5.90. The molecule has 9 heteroatoms. The number of rotatable bonds is 6. The molecule has 172 valence electrons. The molecular weight excluding hydrogens is 424 g/mol. The molecular formula is C24H26N4O5. The molecule has 0 bridgehead atoms. The SMILES string of the molecule is COc1cc2[nH]c(N(C)Cc3cccc(N4C(=O)CC(C)C4=O)c3)nc(=O)c2c(C)c1OC. The number of carbonyl (C=O) groups is 2. The van der Waals surface area contributed by atoms with Crippen molar-refractivity contribution in [1.82, 2.24) is 9.97 Å². The van der Waals surface area contributed by atoms with E-state index in [-0.39, 0.29) is 29.7 Å². The Hall–Kier alpha value is -3.88. The number of anilines is 2. The molecule has 2 aromatic carbocycles. The number of amides is 2. The quantitative estimate of drug-likeness (QED) is 0.576. The fourth-order valence-corrected chi connectivity index (χ4v) is 4.23. The van der Waals surface area contributed by atoms with Crippen LogP contribution in [-0.2, 0) is 16.1 Å². The predicted molar refractivity (Wildman–Crippen MR) is 125 cm³/mol. The Morgan fingerprint density at radius 1 is 1.18 bits per heavy atom. The number of hydrogen-bond donors (Lipinski definition) is 1. The Morgan fingerprint density at radius 2 is 1.94 bits per heavy atom. The number of aromatic nitrogens is 2. The first-order valence-corrected chi connectivity index (χ1v) is 10.6. The zero-order chi connectivity index (χ0) is 23.9. The Morgan fingerprint density at radius 3 is 2.58 bits per heavy atom. The van der Waals surface area contributed by atoms with E-state index in [4.69, 9.17) is 9.47 Å². The minimum Gasteiger partial charge on any atom is -0.493 e. The Balaban J connectivity index is 1.66. The number of nitrogens with one attached hydrogen (secondary N) is 1. The van der Waals surface area contributed by atoms with E-state index in [2.05, 4.69) is 9.97 Å². The van der Waals surface area contributed by atoms with E-state index in [0.717, 1.165) is 5.56 Å². The van der Waals surface area contributed by atoms with Gasteiger partial charge in [-0.15, -0.1) is 0 Å². The van der Waals surface area contributed by atoms with Crippen molar-refractivity contribution >= 4 is 34.4 Å². The molecule has 1 fully saturated rings. The van der Waals surface area contributed by atoms with Crippen LogP contribution in [0.15, 0.2) is 35.1 Å². The average Bonchev–Trinajstić information content (AvgIpc) is 3.04. The molecule has 1 saturated heterocycles. The summed E-state index contributed by atoms with van der Waals surface area (Å²) >= 11 is 0. The van der Waals surface area contributed by atoms with Crippen molar-refractivity contribution in [1.29, 1.82) is 0 Å². The summed E-state index contributed by atoms with van der Waals surface area (Å²) in [4.78, 5) is 48.0. The van der Waals surface area contributed by atoms with E-state index in [9.17, 15) is 14.4 Å². The minimum atomic E-state index is -0.375. The van der Waals surface area contributed by atoms with Gasteiger partial charge in [-0.1, -0.05) is 19.1 Å². The van der Waals surface area contributed by atoms with Gasteiger partial charge < -0.3 is 19.4 Å². The highest BCUT2D eigenvalue weighted by Gasteiger charge is 2.36. The molecule has 0 radical (unpaired) electrons. The third kappa shape index (κ3) is 3.90.